The number of carboxylic acid groups (broad SMARTS) is 1. The smallest absolute Gasteiger partial charge is 0.307 e. The van der Waals surface area contributed by atoms with Crippen molar-refractivity contribution in [3.8, 4) is 0 Å². The van der Waals surface area contributed by atoms with Crippen molar-refractivity contribution in [2.24, 2.45) is 22.4 Å². The molecule has 1 saturated carbocycles. The molecular weight excluding hydrogens is 350 g/mol. The van der Waals surface area contributed by atoms with E-state index in [-0.39, 0.29) is 17.3 Å². The third-order valence-corrected chi connectivity index (χ3v) is 6.08. The standard InChI is InChI=1S/C23H29N3O2/c1-15-3-7-17(8-4-15)20-13-23(14-26-22(24)25,12-11-19(20)21(27)28)18-9-5-16(2)6-10-18/h3-10,19-20H,11-14H2,1-2H3,(H,27,28)(H4,24,25,26). The number of guanidine groups is 1. The van der Waals surface area contributed by atoms with Gasteiger partial charge in [0.15, 0.2) is 5.96 Å². The maximum atomic E-state index is 12.0. The van der Waals surface area contributed by atoms with E-state index in [4.69, 9.17) is 11.5 Å². The highest BCUT2D eigenvalue weighted by Gasteiger charge is 2.45. The number of nitrogens with two attached hydrogens (primary N) is 2. The van der Waals surface area contributed by atoms with Gasteiger partial charge in [-0.25, -0.2) is 0 Å². The minimum absolute atomic E-state index is 0.0683. The number of carboxylic acids is 1. The number of rotatable bonds is 5. The fraction of sp³-hybridized carbons (Fsp3) is 0.391. The van der Waals surface area contributed by atoms with Gasteiger partial charge in [-0.3, -0.25) is 9.79 Å². The van der Waals surface area contributed by atoms with Crippen LogP contribution in [-0.2, 0) is 10.2 Å². The van der Waals surface area contributed by atoms with E-state index in [1.807, 2.05) is 19.1 Å². The van der Waals surface area contributed by atoms with Crippen molar-refractivity contribution in [3.05, 3.63) is 70.8 Å². The van der Waals surface area contributed by atoms with Crippen molar-refractivity contribution in [2.75, 3.05) is 6.54 Å². The van der Waals surface area contributed by atoms with E-state index in [1.54, 1.807) is 0 Å². The number of hydrogen-bond donors (Lipinski definition) is 3. The quantitative estimate of drug-likeness (QED) is 0.547. The molecule has 0 aromatic heterocycles. The average Bonchev–Trinajstić information content (AvgIpc) is 2.67. The van der Waals surface area contributed by atoms with Crippen LogP contribution in [0.25, 0.3) is 0 Å². The van der Waals surface area contributed by atoms with Crippen molar-refractivity contribution in [1.82, 2.24) is 0 Å². The Morgan fingerprint density at radius 1 is 1.07 bits per heavy atom. The Morgan fingerprint density at radius 2 is 1.64 bits per heavy atom. The molecule has 2 aromatic carbocycles. The zero-order valence-corrected chi connectivity index (χ0v) is 16.6. The lowest BCUT2D eigenvalue weighted by Gasteiger charge is -2.43. The van der Waals surface area contributed by atoms with Gasteiger partial charge in [0, 0.05) is 5.41 Å². The highest BCUT2D eigenvalue weighted by molar-refractivity contribution is 5.75. The fourth-order valence-corrected chi connectivity index (χ4v) is 4.40. The van der Waals surface area contributed by atoms with Gasteiger partial charge in [-0.1, -0.05) is 59.7 Å². The second-order valence-corrected chi connectivity index (χ2v) is 8.09. The molecule has 0 bridgehead atoms. The first kappa shape index (κ1) is 19.9. The number of aliphatic imine (C=N–C) groups is 1. The number of benzene rings is 2. The molecule has 3 rings (SSSR count). The molecule has 1 fully saturated rings. The number of aliphatic carboxylic acids is 1. The molecule has 0 saturated heterocycles. The molecule has 0 aliphatic heterocycles. The van der Waals surface area contributed by atoms with Crippen molar-refractivity contribution >= 4 is 11.9 Å². The molecule has 3 atom stereocenters. The van der Waals surface area contributed by atoms with Gasteiger partial charge < -0.3 is 16.6 Å². The van der Waals surface area contributed by atoms with Crippen molar-refractivity contribution in [2.45, 2.75) is 44.4 Å². The molecule has 28 heavy (non-hydrogen) atoms. The van der Waals surface area contributed by atoms with Crippen LogP contribution in [0.4, 0.5) is 0 Å². The molecule has 3 unspecified atom stereocenters. The second-order valence-electron chi connectivity index (χ2n) is 8.09. The summed E-state index contributed by atoms with van der Waals surface area (Å²) >= 11 is 0. The summed E-state index contributed by atoms with van der Waals surface area (Å²) in [7, 11) is 0. The zero-order valence-electron chi connectivity index (χ0n) is 16.6. The number of nitrogens with zero attached hydrogens (tertiary/aromatic N) is 1. The molecule has 2 aromatic rings. The van der Waals surface area contributed by atoms with Crippen LogP contribution in [0.2, 0.25) is 0 Å². The van der Waals surface area contributed by atoms with Crippen LogP contribution < -0.4 is 11.5 Å². The van der Waals surface area contributed by atoms with Crippen LogP contribution in [0.5, 0.6) is 0 Å². The van der Waals surface area contributed by atoms with Crippen LogP contribution in [-0.4, -0.2) is 23.6 Å². The van der Waals surface area contributed by atoms with E-state index in [0.29, 0.717) is 19.4 Å². The predicted octanol–water partition coefficient (Wildman–Crippen LogP) is 3.48. The lowest BCUT2D eigenvalue weighted by Crippen LogP contribution is -2.41. The first-order valence-electron chi connectivity index (χ1n) is 9.73. The van der Waals surface area contributed by atoms with E-state index in [9.17, 15) is 9.90 Å². The summed E-state index contributed by atoms with van der Waals surface area (Å²) in [5.74, 6) is -1.15. The van der Waals surface area contributed by atoms with Crippen molar-refractivity contribution < 1.29 is 9.90 Å². The molecule has 5 heteroatoms. The predicted molar refractivity (Wildman–Crippen MR) is 112 cm³/mol. The lowest BCUT2D eigenvalue weighted by atomic mass is 9.60. The van der Waals surface area contributed by atoms with Gasteiger partial charge in [0.1, 0.15) is 0 Å². The summed E-state index contributed by atoms with van der Waals surface area (Å²) in [6.45, 7) is 4.56. The van der Waals surface area contributed by atoms with Gasteiger partial charge in [0.05, 0.1) is 12.5 Å². The maximum Gasteiger partial charge on any atom is 0.307 e. The van der Waals surface area contributed by atoms with Gasteiger partial charge in [-0.05, 0) is 50.2 Å². The summed E-state index contributed by atoms with van der Waals surface area (Å²) in [6.07, 6.45) is 2.04. The fourth-order valence-electron chi connectivity index (χ4n) is 4.40. The molecule has 5 nitrogen and oxygen atoms in total. The summed E-state index contributed by atoms with van der Waals surface area (Å²) < 4.78 is 0. The molecule has 0 spiro atoms. The Kier molecular flexibility index (Phi) is 5.73. The highest BCUT2D eigenvalue weighted by Crippen LogP contribution is 2.49. The van der Waals surface area contributed by atoms with Crippen LogP contribution in [0, 0.1) is 19.8 Å². The Balaban J connectivity index is 2.04. The van der Waals surface area contributed by atoms with E-state index in [0.717, 1.165) is 17.5 Å². The molecule has 1 aliphatic carbocycles. The normalized spacial score (nSPS) is 24.5. The number of carbonyl (C=O) groups is 1. The largest absolute Gasteiger partial charge is 0.481 e. The van der Waals surface area contributed by atoms with E-state index in [1.165, 1.54) is 11.1 Å². The van der Waals surface area contributed by atoms with E-state index >= 15 is 0 Å². The first-order chi connectivity index (χ1) is 13.3. The summed E-state index contributed by atoms with van der Waals surface area (Å²) in [4.78, 5) is 16.4. The Hall–Kier alpha value is -2.82. The highest BCUT2D eigenvalue weighted by atomic mass is 16.4. The molecule has 0 heterocycles. The summed E-state index contributed by atoms with van der Waals surface area (Å²) in [6, 6.07) is 16.7. The second kappa shape index (κ2) is 8.05. The molecule has 1 aliphatic rings. The molecule has 5 N–H and O–H groups in total. The van der Waals surface area contributed by atoms with Crippen molar-refractivity contribution in [3.63, 3.8) is 0 Å². The SMILES string of the molecule is Cc1ccc(C2CC(CN=C(N)N)(c3ccc(C)cc3)CCC2C(=O)O)cc1. The first-order valence-corrected chi connectivity index (χ1v) is 9.73. The van der Waals surface area contributed by atoms with Gasteiger partial charge in [-0.2, -0.15) is 0 Å². The minimum atomic E-state index is -0.732. The number of hydrogen-bond acceptors (Lipinski definition) is 2. The molecule has 148 valence electrons. The minimum Gasteiger partial charge on any atom is -0.481 e. The van der Waals surface area contributed by atoms with E-state index in [2.05, 4.69) is 48.3 Å². The topological polar surface area (TPSA) is 102 Å². The molecule has 0 amide bonds. The molecular formula is C23H29N3O2. The maximum absolute atomic E-state index is 12.0. The van der Waals surface area contributed by atoms with Crippen LogP contribution >= 0.6 is 0 Å². The Labute approximate surface area is 166 Å². The third kappa shape index (κ3) is 4.19. The Bertz CT molecular complexity index is 854. The van der Waals surface area contributed by atoms with Gasteiger partial charge in [-0.15, -0.1) is 0 Å². The lowest BCUT2D eigenvalue weighted by molar-refractivity contribution is -0.144. The van der Waals surface area contributed by atoms with Crippen LogP contribution in [0.3, 0.4) is 0 Å². The van der Waals surface area contributed by atoms with Crippen LogP contribution in [0.1, 0.15) is 47.4 Å². The number of aryl methyl sites for hydroxylation is 2. The van der Waals surface area contributed by atoms with Crippen molar-refractivity contribution in [1.29, 1.82) is 0 Å². The average molecular weight is 380 g/mol. The monoisotopic (exact) mass is 379 g/mol. The van der Waals surface area contributed by atoms with E-state index < -0.39 is 11.9 Å². The van der Waals surface area contributed by atoms with Gasteiger partial charge in [0.25, 0.3) is 0 Å². The van der Waals surface area contributed by atoms with Gasteiger partial charge in [0.2, 0.25) is 0 Å². The zero-order chi connectivity index (χ0) is 20.3. The van der Waals surface area contributed by atoms with Crippen LogP contribution in [0.15, 0.2) is 53.5 Å². The van der Waals surface area contributed by atoms with Gasteiger partial charge >= 0.3 is 5.97 Å². The Morgan fingerprint density at radius 3 is 2.18 bits per heavy atom. The molecule has 0 radical (unpaired) electrons. The summed E-state index contributed by atoms with van der Waals surface area (Å²) in [5, 5.41) is 9.85. The summed E-state index contributed by atoms with van der Waals surface area (Å²) in [5.41, 5.74) is 15.6. The third-order valence-electron chi connectivity index (χ3n) is 6.08.